The third-order valence-electron chi connectivity index (χ3n) is 2.95. The molecule has 7 heteroatoms. The van der Waals surface area contributed by atoms with E-state index in [9.17, 15) is 14.4 Å². The lowest BCUT2D eigenvalue weighted by atomic mass is 10.1. The zero-order valence-corrected chi connectivity index (χ0v) is 11.8. The van der Waals surface area contributed by atoms with Gasteiger partial charge in [-0.25, -0.2) is 0 Å². The minimum absolute atomic E-state index is 0.0764. The summed E-state index contributed by atoms with van der Waals surface area (Å²) in [6, 6.07) is 0. The van der Waals surface area contributed by atoms with Crippen molar-refractivity contribution in [3.63, 3.8) is 0 Å². The van der Waals surface area contributed by atoms with Crippen molar-refractivity contribution >= 4 is 29.5 Å². The van der Waals surface area contributed by atoms with E-state index in [1.165, 1.54) is 18.7 Å². The second-order valence-corrected chi connectivity index (χ2v) is 5.88. The molecule has 0 unspecified atom stereocenters. The molecule has 0 aromatic heterocycles. The van der Waals surface area contributed by atoms with Gasteiger partial charge in [-0.15, -0.1) is 0 Å². The molecule has 6 nitrogen and oxygen atoms in total. The summed E-state index contributed by atoms with van der Waals surface area (Å²) >= 11 is 1.47. The van der Waals surface area contributed by atoms with Gasteiger partial charge in [-0.05, 0) is 24.0 Å². The minimum atomic E-state index is -0.766. The molecule has 0 radical (unpaired) electrons. The third-order valence-corrected chi connectivity index (χ3v) is 4.23. The monoisotopic (exact) mass is 288 g/mol. The van der Waals surface area contributed by atoms with Gasteiger partial charge in [0.25, 0.3) is 0 Å². The zero-order chi connectivity index (χ0) is 14.3. The van der Waals surface area contributed by atoms with Crippen LogP contribution in [0, 0.1) is 5.41 Å². The summed E-state index contributed by atoms with van der Waals surface area (Å²) in [5, 5.41) is 14.0. The highest BCUT2D eigenvalue weighted by molar-refractivity contribution is 7.99. The lowest BCUT2D eigenvalue weighted by Crippen LogP contribution is -2.34. The number of carboxylic acids is 1. The average molecular weight is 288 g/mol. The van der Waals surface area contributed by atoms with E-state index in [1.54, 1.807) is 0 Å². The number of carboxylic acid groups (broad SMARTS) is 1. The molecule has 0 spiro atoms. The molecule has 0 aliphatic heterocycles. The first kappa shape index (κ1) is 15.8. The largest absolute Gasteiger partial charge is 0.481 e. The van der Waals surface area contributed by atoms with Crippen molar-refractivity contribution in [1.82, 2.24) is 10.6 Å². The summed E-state index contributed by atoms with van der Waals surface area (Å²) in [6.45, 7) is 2.27. The van der Waals surface area contributed by atoms with Crippen molar-refractivity contribution in [2.24, 2.45) is 5.41 Å². The van der Waals surface area contributed by atoms with Crippen LogP contribution in [0.2, 0.25) is 0 Å². The number of rotatable bonds is 9. The van der Waals surface area contributed by atoms with E-state index in [0.717, 1.165) is 18.6 Å². The lowest BCUT2D eigenvalue weighted by molar-refractivity contribution is -0.138. The molecular formula is C12H20N2O4S. The number of thioether (sulfide) groups is 1. The van der Waals surface area contributed by atoms with Gasteiger partial charge in [0.2, 0.25) is 11.8 Å². The average Bonchev–Trinajstić information content (AvgIpc) is 3.03. The van der Waals surface area contributed by atoms with E-state index in [0.29, 0.717) is 18.8 Å². The Bertz CT molecular complexity index is 356. The van der Waals surface area contributed by atoms with E-state index in [4.69, 9.17) is 5.11 Å². The van der Waals surface area contributed by atoms with Crippen molar-refractivity contribution in [2.75, 3.05) is 24.6 Å². The summed E-state index contributed by atoms with van der Waals surface area (Å²) < 4.78 is 0. The molecule has 0 heterocycles. The summed E-state index contributed by atoms with van der Waals surface area (Å²) in [4.78, 5) is 32.7. The van der Waals surface area contributed by atoms with Crippen molar-refractivity contribution in [3.8, 4) is 0 Å². The highest BCUT2D eigenvalue weighted by Crippen LogP contribution is 2.50. The van der Waals surface area contributed by atoms with E-state index < -0.39 is 5.97 Å². The molecule has 0 atom stereocenters. The molecular weight excluding hydrogens is 268 g/mol. The van der Waals surface area contributed by atoms with E-state index in [-0.39, 0.29) is 23.7 Å². The normalized spacial score (nSPS) is 15.6. The Morgan fingerprint density at radius 2 is 1.84 bits per heavy atom. The number of carbonyl (C=O) groups is 3. The molecule has 0 aromatic carbocycles. The Balaban J connectivity index is 2.04. The number of amides is 2. The maximum Gasteiger partial charge on any atom is 0.303 e. The SMILES string of the molecule is CC(=O)NCCNC(=O)CSCC1(CC(=O)O)CC1. The van der Waals surface area contributed by atoms with Crippen LogP contribution in [0.3, 0.4) is 0 Å². The Morgan fingerprint density at radius 1 is 1.21 bits per heavy atom. The second-order valence-electron chi connectivity index (χ2n) is 4.90. The van der Waals surface area contributed by atoms with E-state index in [2.05, 4.69) is 10.6 Å². The standard InChI is InChI=1S/C12H20N2O4S/c1-9(15)13-4-5-14-10(16)7-19-8-12(2-3-12)6-11(17)18/h2-8H2,1H3,(H,13,15)(H,14,16)(H,17,18). The van der Waals surface area contributed by atoms with Crippen LogP contribution in [0.25, 0.3) is 0 Å². The number of hydrogen-bond acceptors (Lipinski definition) is 4. The highest BCUT2D eigenvalue weighted by atomic mass is 32.2. The lowest BCUT2D eigenvalue weighted by Gasteiger charge is -2.11. The fourth-order valence-electron chi connectivity index (χ4n) is 1.72. The molecule has 0 saturated heterocycles. The predicted molar refractivity (Wildman–Crippen MR) is 72.9 cm³/mol. The van der Waals surface area contributed by atoms with Gasteiger partial charge in [-0.1, -0.05) is 0 Å². The quantitative estimate of drug-likeness (QED) is 0.528. The molecule has 3 N–H and O–H groups in total. The molecule has 2 amide bonds. The number of carbonyl (C=O) groups excluding carboxylic acids is 2. The predicted octanol–water partition coefficient (Wildman–Crippen LogP) is 0.227. The molecule has 1 fully saturated rings. The molecule has 0 aromatic rings. The van der Waals surface area contributed by atoms with Crippen LogP contribution >= 0.6 is 11.8 Å². The Labute approximate surface area is 116 Å². The van der Waals surface area contributed by atoms with Gasteiger partial charge in [-0.2, -0.15) is 11.8 Å². The van der Waals surface area contributed by atoms with Gasteiger partial charge in [0.15, 0.2) is 0 Å². The first-order valence-electron chi connectivity index (χ1n) is 6.24. The minimum Gasteiger partial charge on any atom is -0.481 e. The summed E-state index contributed by atoms with van der Waals surface area (Å²) in [5.41, 5.74) is -0.0764. The fraction of sp³-hybridized carbons (Fsp3) is 0.750. The van der Waals surface area contributed by atoms with Crippen molar-refractivity contribution in [2.45, 2.75) is 26.2 Å². The van der Waals surface area contributed by atoms with Crippen LogP contribution < -0.4 is 10.6 Å². The summed E-state index contributed by atoms with van der Waals surface area (Å²) in [7, 11) is 0. The Hall–Kier alpha value is -1.24. The third kappa shape index (κ3) is 7.05. The zero-order valence-electron chi connectivity index (χ0n) is 11.0. The van der Waals surface area contributed by atoms with Crippen LogP contribution in [0.1, 0.15) is 26.2 Å². The molecule has 1 aliphatic rings. The van der Waals surface area contributed by atoms with E-state index in [1.807, 2.05) is 0 Å². The first-order valence-corrected chi connectivity index (χ1v) is 7.40. The van der Waals surface area contributed by atoms with Crippen LogP contribution in [-0.4, -0.2) is 47.5 Å². The van der Waals surface area contributed by atoms with Crippen molar-refractivity contribution in [1.29, 1.82) is 0 Å². The van der Waals surface area contributed by atoms with E-state index >= 15 is 0 Å². The van der Waals surface area contributed by atoms with Crippen LogP contribution in [-0.2, 0) is 14.4 Å². The Kier molecular flexibility index (Phi) is 6.14. The van der Waals surface area contributed by atoms with Crippen LogP contribution in [0.15, 0.2) is 0 Å². The molecule has 1 rings (SSSR count). The van der Waals surface area contributed by atoms with Crippen LogP contribution in [0.4, 0.5) is 0 Å². The smallest absolute Gasteiger partial charge is 0.303 e. The second kappa shape index (κ2) is 7.37. The van der Waals surface area contributed by atoms with Gasteiger partial charge in [-0.3, -0.25) is 14.4 Å². The van der Waals surface area contributed by atoms with Gasteiger partial charge >= 0.3 is 5.97 Å². The Morgan fingerprint density at radius 3 is 2.37 bits per heavy atom. The highest BCUT2D eigenvalue weighted by Gasteiger charge is 2.44. The maximum absolute atomic E-state index is 11.5. The molecule has 108 valence electrons. The molecule has 1 saturated carbocycles. The van der Waals surface area contributed by atoms with Gasteiger partial charge in [0.05, 0.1) is 12.2 Å². The van der Waals surface area contributed by atoms with Gasteiger partial charge < -0.3 is 15.7 Å². The first-order chi connectivity index (χ1) is 8.93. The molecule has 19 heavy (non-hydrogen) atoms. The van der Waals surface area contributed by atoms with Gasteiger partial charge in [0, 0.05) is 20.0 Å². The fourth-order valence-corrected chi connectivity index (χ4v) is 2.93. The number of nitrogens with one attached hydrogen (secondary N) is 2. The number of hydrogen-bond donors (Lipinski definition) is 3. The van der Waals surface area contributed by atoms with Crippen molar-refractivity contribution in [3.05, 3.63) is 0 Å². The summed E-state index contributed by atoms with van der Waals surface area (Å²) in [5.74, 6) is 0.0900. The number of aliphatic carboxylic acids is 1. The van der Waals surface area contributed by atoms with Crippen LogP contribution in [0.5, 0.6) is 0 Å². The topological polar surface area (TPSA) is 95.5 Å². The maximum atomic E-state index is 11.5. The summed E-state index contributed by atoms with van der Waals surface area (Å²) in [6.07, 6.45) is 2.08. The molecule has 1 aliphatic carbocycles. The van der Waals surface area contributed by atoms with Crippen molar-refractivity contribution < 1.29 is 19.5 Å². The van der Waals surface area contributed by atoms with Gasteiger partial charge in [0.1, 0.15) is 0 Å². The molecule has 0 bridgehead atoms.